The summed E-state index contributed by atoms with van der Waals surface area (Å²) in [7, 11) is 0. The van der Waals surface area contributed by atoms with Gasteiger partial charge in [-0.2, -0.15) is 0 Å². The first-order valence-electron chi connectivity index (χ1n) is 5.41. The van der Waals surface area contributed by atoms with Crippen LogP contribution < -0.4 is 5.32 Å². The highest BCUT2D eigenvalue weighted by Gasteiger charge is 2.22. The number of thioether (sulfide) groups is 1. The summed E-state index contributed by atoms with van der Waals surface area (Å²) in [5.41, 5.74) is 0.854. The minimum absolute atomic E-state index is 0.00643. The standard InChI is InChI=1S/C12H14Cl2N2S/c1-12(2)5-6-17-11(16-12)15-10-4-3-8(13)7-9(10)14/h3-4,7H,5-6H2,1-2H3,(H,15,16). The third kappa shape index (κ3) is 3.54. The third-order valence-corrected chi connectivity index (χ3v) is 3.95. The number of amidine groups is 1. The molecule has 0 atom stereocenters. The van der Waals surface area contributed by atoms with Gasteiger partial charge in [-0.05, 0) is 38.5 Å². The van der Waals surface area contributed by atoms with Gasteiger partial charge in [0.2, 0.25) is 0 Å². The molecule has 17 heavy (non-hydrogen) atoms. The molecule has 1 aliphatic rings. The fourth-order valence-electron chi connectivity index (χ4n) is 1.53. The highest BCUT2D eigenvalue weighted by molar-refractivity contribution is 8.14. The van der Waals surface area contributed by atoms with E-state index in [0.717, 1.165) is 23.0 Å². The van der Waals surface area contributed by atoms with Crippen LogP contribution in [0.1, 0.15) is 20.3 Å². The van der Waals surface area contributed by atoms with E-state index in [1.165, 1.54) is 0 Å². The van der Waals surface area contributed by atoms with Gasteiger partial charge in [0.15, 0.2) is 5.17 Å². The minimum Gasteiger partial charge on any atom is -0.334 e. The molecule has 1 heterocycles. The molecular weight excluding hydrogens is 275 g/mol. The van der Waals surface area contributed by atoms with Crippen molar-refractivity contribution in [3.05, 3.63) is 28.2 Å². The quantitative estimate of drug-likeness (QED) is 0.812. The number of nitrogens with zero attached hydrogens (tertiary/aromatic N) is 1. The van der Waals surface area contributed by atoms with Crippen LogP contribution in [0.5, 0.6) is 0 Å². The van der Waals surface area contributed by atoms with E-state index in [-0.39, 0.29) is 5.54 Å². The van der Waals surface area contributed by atoms with Crippen LogP contribution >= 0.6 is 35.0 Å². The number of anilines is 1. The summed E-state index contributed by atoms with van der Waals surface area (Å²) in [5.74, 6) is 1.07. The zero-order valence-corrected chi connectivity index (χ0v) is 12.1. The van der Waals surface area contributed by atoms with E-state index in [2.05, 4.69) is 24.2 Å². The molecular formula is C12H14Cl2N2S. The van der Waals surface area contributed by atoms with Gasteiger partial charge in [-0.15, -0.1) is 0 Å². The molecule has 0 radical (unpaired) electrons. The van der Waals surface area contributed by atoms with Crippen LogP contribution in [0.25, 0.3) is 0 Å². The average molecular weight is 289 g/mol. The molecule has 1 N–H and O–H groups in total. The van der Waals surface area contributed by atoms with Crippen LogP contribution in [-0.4, -0.2) is 16.5 Å². The lowest BCUT2D eigenvalue weighted by molar-refractivity contribution is 0.507. The summed E-state index contributed by atoms with van der Waals surface area (Å²) >= 11 is 13.7. The number of rotatable bonds is 1. The Kier molecular flexibility index (Phi) is 3.91. The van der Waals surface area contributed by atoms with Gasteiger partial charge in [0, 0.05) is 10.8 Å². The highest BCUT2D eigenvalue weighted by Crippen LogP contribution is 2.30. The molecule has 0 saturated carbocycles. The zero-order chi connectivity index (χ0) is 12.5. The van der Waals surface area contributed by atoms with E-state index in [1.807, 2.05) is 12.1 Å². The van der Waals surface area contributed by atoms with Crippen LogP contribution in [0, 0.1) is 0 Å². The van der Waals surface area contributed by atoms with Crippen molar-refractivity contribution in [1.82, 2.24) is 0 Å². The zero-order valence-electron chi connectivity index (χ0n) is 9.76. The van der Waals surface area contributed by atoms with Crippen molar-refractivity contribution in [2.75, 3.05) is 11.1 Å². The van der Waals surface area contributed by atoms with E-state index in [1.54, 1.807) is 17.8 Å². The number of hydrogen-bond acceptors (Lipinski definition) is 3. The third-order valence-electron chi connectivity index (χ3n) is 2.53. The molecule has 5 heteroatoms. The van der Waals surface area contributed by atoms with E-state index < -0.39 is 0 Å². The molecule has 92 valence electrons. The number of halogens is 2. The summed E-state index contributed by atoms with van der Waals surface area (Å²) < 4.78 is 0. The van der Waals surface area contributed by atoms with E-state index in [0.29, 0.717) is 10.0 Å². The smallest absolute Gasteiger partial charge is 0.161 e. The lowest BCUT2D eigenvalue weighted by atomic mass is 10.0. The second-order valence-electron chi connectivity index (χ2n) is 4.58. The molecule has 1 aromatic rings. The molecule has 0 bridgehead atoms. The molecule has 1 aliphatic heterocycles. The number of benzene rings is 1. The summed E-state index contributed by atoms with van der Waals surface area (Å²) in [6.07, 6.45) is 1.09. The molecule has 2 nitrogen and oxygen atoms in total. The lowest BCUT2D eigenvalue weighted by Crippen LogP contribution is -2.27. The van der Waals surface area contributed by atoms with Gasteiger partial charge < -0.3 is 5.32 Å². The first-order chi connectivity index (χ1) is 7.96. The molecule has 0 saturated heterocycles. The highest BCUT2D eigenvalue weighted by atomic mass is 35.5. The summed E-state index contributed by atoms with van der Waals surface area (Å²) in [6.45, 7) is 4.27. The number of aliphatic imine (C=N–C) groups is 1. The van der Waals surface area contributed by atoms with Gasteiger partial charge in [-0.25, -0.2) is 0 Å². The maximum absolute atomic E-state index is 6.11. The van der Waals surface area contributed by atoms with Crippen LogP contribution in [0.2, 0.25) is 10.0 Å². The molecule has 0 amide bonds. The Labute approximate surface area is 116 Å². The van der Waals surface area contributed by atoms with Crippen molar-refractivity contribution < 1.29 is 0 Å². The van der Waals surface area contributed by atoms with Crippen molar-refractivity contribution in [2.45, 2.75) is 25.8 Å². The van der Waals surface area contributed by atoms with Gasteiger partial charge in [0.05, 0.1) is 16.2 Å². The summed E-state index contributed by atoms with van der Waals surface area (Å²) in [6, 6.07) is 5.41. The van der Waals surface area contributed by atoms with E-state index >= 15 is 0 Å². The van der Waals surface area contributed by atoms with Crippen molar-refractivity contribution in [3.63, 3.8) is 0 Å². The van der Waals surface area contributed by atoms with Gasteiger partial charge in [-0.3, -0.25) is 4.99 Å². The monoisotopic (exact) mass is 288 g/mol. The number of hydrogen-bond donors (Lipinski definition) is 1. The topological polar surface area (TPSA) is 24.4 Å². The fourth-order valence-corrected chi connectivity index (χ4v) is 3.28. The molecule has 0 aromatic heterocycles. The molecule has 0 spiro atoms. The lowest BCUT2D eigenvalue weighted by Gasteiger charge is -2.26. The minimum atomic E-state index is 0.00643. The maximum Gasteiger partial charge on any atom is 0.161 e. The van der Waals surface area contributed by atoms with Crippen molar-refractivity contribution in [2.24, 2.45) is 4.99 Å². The van der Waals surface area contributed by atoms with Crippen LogP contribution in [0.4, 0.5) is 5.69 Å². The largest absolute Gasteiger partial charge is 0.334 e. The second-order valence-corrected chi connectivity index (χ2v) is 6.50. The molecule has 0 fully saturated rings. The second kappa shape index (κ2) is 5.09. The van der Waals surface area contributed by atoms with Gasteiger partial charge in [0.1, 0.15) is 0 Å². The SMILES string of the molecule is CC1(C)CCSC(Nc2ccc(Cl)cc2Cl)=N1. The van der Waals surface area contributed by atoms with E-state index in [9.17, 15) is 0 Å². The summed E-state index contributed by atoms with van der Waals surface area (Å²) in [5, 5.41) is 5.43. The maximum atomic E-state index is 6.11. The van der Waals surface area contributed by atoms with E-state index in [4.69, 9.17) is 23.2 Å². The predicted molar refractivity (Wildman–Crippen MR) is 78.7 cm³/mol. The molecule has 2 rings (SSSR count). The first kappa shape index (κ1) is 13.1. The summed E-state index contributed by atoms with van der Waals surface area (Å²) in [4.78, 5) is 4.65. The molecule has 0 unspecified atom stereocenters. The molecule has 0 aliphatic carbocycles. The predicted octanol–water partition coefficient (Wildman–Crippen LogP) is 4.68. The fraction of sp³-hybridized carbons (Fsp3) is 0.417. The van der Waals surface area contributed by atoms with Crippen molar-refractivity contribution in [3.8, 4) is 0 Å². The van der Waals surface area contributed by atoms with Crippen LogP contribution in [-0.2, 0) is 0 Å². The van der Waals surface area contributed by atoms with Crippen LogP contribution in [0.15, 0.2) is 23.2 Å². The Morgan fingerprint density at radius 3 is 2.76 bits per heavy atom. The Balaban J connectivity index is 2.18. The normalized spacial score (nSPS) is 18.7. The first-order valence-corrected chi connectivity index (χ1v) is 7.15. The van der Waals surface area contributed by atoms with Crippen molar-refractivity contribution >= 4 is 45.8 Å². The van der Waals surface area contributed by atoms with Crippen LogP contribution in [0.3, 0.4) is 0 Å². The van der Waals surface area contributed by atoms with Crippen molar-refractivity contribution in [1.29, 1.82) is 0 Å². The Morgan fingerprint density at radius 2 is 2.12 bits per heavy atom. The Morgan fingerprint density at radius 1 is 1.35 bits per heavy atom. The Hall–Kier alpha value is -0.380. The number of nitrogens with one attached hydrogen (secondary N) is 1. The van der Waals surface area contributed by atoms with Gasteiger partial charge in [-0.1, -0.05) is 35.0 Å². The average Bonchev–Trinajstić information content (AvgIpc) is 2.21. The van der Waals surface area contributed by atoms with Gasteiger partial charge >= 0.3 is 0 Å². The Bertz CT molecular complexity index is 458. The van der Waals surface area contributed by atoms with Gasteiger partial charge in [0.25, 0.3) is 0 Å². The molecule has 1 aromatic carbocycles.